The molecule has 5 rings (SSSR count). The Morgan fingerprint density at radius 1 is 1.08 bits per heavy atom. The van der Waals surface area contributed by atoms with Crippen LogP contribution in [-0.4, -0.2) is 87.4 Å². The van der Waals surface area contributed by atoms with Gasteiger partial charge in [0, 0.05) is 63.0 Å². The van der Waals surface area contributed by atoms with Gasteiger partial charge in [0.15, 0.2) is 0 Å². The van der Waals surface area contributed by atoms with Crippen molar-refractivity contribution >= 4 is 34.4 Å². The summed E-state index contributed by atoms with van der Waals surface area (Å²) in [5.41, 5.74) is 4.38. The lowest BCUT2D eigenvalue weighted by atomic mass is 9.99. The molecule has 0 spiro atoms. The Bertz CT molecular complexity index is 1350. The molecule has 192 valence electrons. The van der Waals surface area contributed by atoms with E-state index in [2.05, 4.69) is 15.0 Å². The maximum absolute atomic E-state index is 13.5. The summed E-state index contributed by atoms with van der Waals surface area (Å²) in [6.07, 6.45) is 6.62. The number of nitrogens with zero attached hydrogens (tertiary/aromatic N) is 7. The van der Waals surface area contributed by atoms with Gasteiger partial charge in [-0.15, -0.1) is 0 Å². The van der Waals surface area contributed by atoms with E-state index < -0.39 is 0 Å². The number of hydrogen-bond acceptors (Lipinski definition) is 8. The first-order chi connectivity index (χ1) is 17.9. The number of carbonyl (C=O) groups is 3. The number of fused-ring (bicyclic) bond motifs is 3. The molecular formula is C26H29N7O4. The van der Waals surface area contributed by atoms with Crippen LogP contribution in [0.2, 0.25) is 0 Å². The normalized spacial score (nSPS) is 16.3. The highest BCUT2D eigenvalue weighted by Crippen LogP contribution is 2.37. The third kappa shape index (κ3) is 4.86. The van der Waals surface area contributed by atoms with Crippen molar-refractivity contribution in [1.29, 1.82) is 0 Å². The number of aromatic nitrogens is 4. The van der Waals surface area contributed by atoms with Crippen LogP contribution in [0.1, 0.15) is 31.2 Å². The average Bonchev–Trinajstić information content (AvgIpc) is 2.89. The van der Waals surface area contributed by atoms with Crippen LogP contribution in [0.4, 0.5) is 10.5 Å². The van der Waals surface area contributed by atoms with Crippen LogP contribution in [0.15, 0.2) is 30.7 Å². The van der Waals surface area contributed by atoms with Gasteiger partial charge in [0.1, 0.15) is 23.7 Å². The largest absolute Gasteiger partial charge is 0.375 e. The molecule has 0 N–H and O–H groups in total. The van der Waals surface area contributed by atoms with E-state index in [1.54, 1.807) is 29.2 Å². The van der Waals surface area contributed by atoms with Crippen molar-refractivity contribution in [3.63, 3.8) is 0 Å². The molecule has 5 heterocycles. The molecule has 2 aliphatic heterocycles. The second kappa shape index (κ2) is 10.2. The predicted octanol–water partition coefficient (Wildman–Crippen LogP) is 2.23. The molecule has 0 unspecified atom stereocenters. The number of ether oxygens (including phenoxy) is 1. The lowest BCUT2D eigenvalue weighted by Crippen LogP contribution is -2.54. The third-order valence-corrected chi connectivity index (χ3v) is 6.80. The molecule has 1 fully saturated rings. The number of Topliss-reactive ketones (excluding diaryl/α,β-unsaturated/α-hetero) is 1. The van der Waals surface area contributed by atoms with Gasteiger partial charge < -0.3 is 14.5 Å². The first kappa shape index (κ1) is 24.7. The highest BCUT2D eigenvalue weighted by molar-refractivity contribution is 6.04. The summed E-state index contributed by atoms with van der Waals surface area (Å²) in [6.45, 7) is 3.11. The van der Waals surface area contributed by atoms with E-state index in [4.69, 9.17) is 9.72 Å². The van der Waals surface area contributed by atoms with E-state index in [0.29, 0.717) is 60.6 Å². The van der Waals surface area contributed by atoms with Crippen LogP contribution < -0.4 is 4.90 Å². The number of ketones is 1. The van der Waals surface area contributed by atoms with Gasteiger partial charge in [-0.05, 0) is 31.9 Å². The fourth-order valence-electron chi connectivity index (χ4n) is 4.97. The molecular weight excluding hydrogens is 474 g/mol. The molecule has 11 heteroatoms. The molecule has 2 aliphatic rings. The average molecular weight is 504 g/mol. The summed E-state index contributed by atoms with van der Waals surface area (Å²) in [7, 11) is 3.29. The third-order valence-electron chi connectivity index (χ3n) is 6.80. The summed E-state index contributed by atoms with van der Waals surface area (Å²) < 4.78 is 5.00. The number of amides is 3. The molecule has 0 atom stereocenters. The molecule has 0 radical (unpaired) electrons. The zero-order chi connectivity index (χ0) is 26.1. The fraction of sp³-hybridized carbons (Fsp3) is 0.423. The number of anilines is 1. The molecule has 37 heavy (non-hydrogen) atoms. The first-order valence-electron chi connectivity index (χ1n) is 12.3. The number of rotatable bonds is 6. The molecule has 0 aliphatic carbocycles. The number of urea groups is 1. The Hall–Kier alpha value is -3.99. The number of methoxy groups -OCH3 is 1. The number of pyridine rings is 2. The maximum Gasteiger partial charge on any atom is 0.324 e. The van der Waals surface area contributed by atoms with Crippen molar-refractivity contribution in [3.8, 4) is 11.3 Å². The van der Waals surface area contributed by atoms with Crippen molar-refractivity contribution in [2.75, 3.05) is 38.8 Å². The lowest BCUT2D eigenvalue weighted by Gasteiger charge is -2.43. The molecule has 1 saturated heterocycles. The number of hydrogen-bond donors (Lipinski definition) is 0. The van der Waals surface area contributed by atoms with Crippen molar-refractivity contribution in [2.24, 2.45) is 0 Å². The summed E-state index contributed by atoms with van der Waals surface area (Å²) >= 11 is 0. The minimum atomic E-state index is -0.0919. The molecule has 0 aromatic carbocycles. The monoisotopic (exact) mass is 503 g/mol. The summed E-state index contributed by atoms with van der Waals surface area (Å²) in [6, 6.07) is 3.57. The van der Waals surface area contributed by atoms with Crippen LogP contribution >= 0.6 is 0 Å². The van der Waals surface area contributed by atoms with E-state index in [-0.39, 0.29) is 36.8 Å². The number of piperidine rings is 1. The van der Waals surface area contributed by atoms with Gasteiger partial charge in [0.2, 0.25) is 5.91 Å². The van der Waals surface area contributed by atoms with Gasteiger partial charge in [-0.1, -0.05) is 0 Å². The van der Waals surface area contributed by atoms with E-state index >= 15 is 0 Å². The number of likely N-dealkylation sites (tertiary alicyclic amines) is 1. The highest BCUT2D eigenvalue weighted by Gasteiger charge is 2.37. The van der Waals surface area contributed by atoms with Gasteiger partial charge in [-0.3, -0.25) is 19.5 Å². The zero-order valence-electron chi connectivity index (χ0n) is 21.2. The number of carbonyl (C=O) groups excluding carboxylic acids is 3. The Labute approximate surface area is 214 Å². The minimum absolute atomic E-state index is 0.00194. The maximum atomic E-state index is 13.5. The second-order valence-electron chi connectivity index (χ2n) is 9.52. The topological polar surface area (TPSA) is 122 Å². The van der Waals surface area contributed by atoms with Crippen molar-refractivity contribution < 1.29 is 19.1 Å². The molecule has 3 aromatic heterocycles. The van der Waals surface area contributed by atoms with Crippen molar-refractivity contribution in [3.05, 3.63) is 42.1 Å². The lowest BCUT2D eigenvalue weighted by molar-refractivity contribution is -0.136. The Morgan fingerprint density at radius 3 is 2.49 bits per heavy atom. The van der Waals surface area contributed by atoms with Crippen molar-refractivity contribution in [2.45, 2.75) is 38.8 Å². The predicted molar refractivity (Wildman–Crippen MR) is 136 cm³/mol. The summed E-state index contributed by atoms with van der Waals surface area (Å²) in [5.74, 6) is 0.421. The molecule has 3 amide bonds. The van der Waals surface area contributed by atoms with Crippen LogP contribution in [0.5, 0.6) is 0 Å². The SMILES string of the molecule is COCC(=O)N1CCC(N2C(=O)N(C)Cc3cnc4ccc(-c5cnc(CC(C)=O)nc5)nc4c32)CC1. The molecule has 0 bridgehead atoms. The van der Waals surface area contributed by atoms with Gasteiger partial charge in [0.25, 0.3) is 0 Å². The fourth-order valence-corrected chi connectivity index (χ4v) is 4.97. The van der Waals surface area contributed by atoms with Gasteiger partial charge in [-0.2, -0.15) is 0 Å². The zero-order valence-corrected chi connectivity index (χ0v) is 21.2. The molecule has 3 aromatic rings. The van der Waals surface area contributed by atoms with Gasteiger partial charge in [-0.25, -0.2) is 19.7 Å². The van der Waals surface area contributed by atoms with Gasteiger partial charge in [0.05, 0.1) is 29.9 Å². The highest BCUT2D eigenvalue weighted by atomic mass is 16.5. The molecule has 11 nitrogen and oxygen atoms in total. The van der Waals surface area contributed by atoms with Crippen LogP contribution in [0, 0.1) is 0 Å². The summed E-state index contributed by atoms with van der Waals surface area (Å²) in [4.78, 5) is 60.6. The minimum Gasteiger partial charge on any atom is -0.375 e. The standard InChI is InChI=1S/C26H29N7O4/c1-16(34)10-22-28-11-17(12-29-22)20-4-5-21-24(30-20)25-18(13-27-21)14-31(2)26(36)33(25)19-6-8-32(9-7-19)23(35)15-37-3/h4-5,11-13,19H,6-10,14-15H2,1-3H3. The first-order valence-corrected chi connectivity index (χ1v) is 12.3. The Balaban J connectivity index is 1.51. The van der Waals surface area contributed by atoms with E-state index in [0.717, 1.165) is 11.3 Å². The quantitative estimate of drug-likeness (QED) is 0.502. The smallest absolute Gasteiger partial charge is 0.324 e. The van der Waals surface area contributed by atoms with Crippen LogP contribution in [0.3, 0.4) is 0 Å². The van der Waals surface area contributed by atoms with E-state index in [1.807, 2.05) is 23.2 Å². The molecule has 0 saturated carbocycles. The summed E-state index contributed by atoms with van der Waals surface area (Å²) in [5, 5.41) is 0. The van der Waals surface area contributed by atoms with Crippen molar-refractivity contribution in [1.82, 2.24) is 29.7 Å². The van der Waals surface area contributed by atoms with Gasteiger partial charge >= 0.3 is 6.03 Å². The van der Waals surface area contributed by atoms with Crippen LogP contribution in [0.25, 0.3) is 22.3 Å². The Kier molecular flexibility index (Phi) is 6.79. The van der Waals surface area contributed by atoms with E-state index in [1.165, 1.54) is 14.0 Å². The van der Waals surface area contributed by atoms with E-state index in [9.17, 15) is 14.4 Å². The van der Waals surface area contributed by atoms with Crippen LogP contribution in [-0.2, 0) is 27.3 Å². The second-order valence-corrected chi connectivity index (χ2v) is 9.52. The Morgan fingerprint density at radius 2 is 1.81 bits per heavy atom.